The van der Waals surface area contributed by atoms with Crippen LogP contribution in [0.15, 0.2) is 45.4 Å². The fourth-order valence-corrected chi connectivity index (χ4v) is 2.08. The first-order valence-electron chi connectivity index (χ1n) is 6.46. The number of nitro benzene ring substituents is 1. The zero-order chi connectivity index (χ0) is 14.8. The average molecular weight is 287 g/mol. The number of hydrogen-bond acceptors (Lipinski definition) is 6. The van der Waals surface area contributed by atoms with Crippen molar-refractivity contribution in [3.63, 3.8) is 0 Å². The molecule has 0 aliphatic carbocycles. The van der Waals surface area contributed by atoms with E-state index in [1.165, 1.54) is 12.1 Å². The summed E-state index contributed by atoms with van der Waals surface area (Å²) in [5.74, 6) is 0.863. The van der Waals surface area contributed by atoms with E-state index >= 15 is 0 Å². The molecular formula is C14H13N3O4. The van der Waals surface area contributed by atoms with Gasteiger partial charge in [-0.2, -0.15) is 4.98 Å². The van der Waals surface area contributed by atoms with Crippen LogP contribution in [0, 0.1) is 10.1 Å². The number of nitro groups is 1. The molecule has 108 valence electrons. The predicted molar refractivity (Wildman–Crippen MR) is 76.2 cm³/mol. The zero-order valence-corrected chi connectivity index (χ0v) is 11.3. The van der Waals surface area contributed by atoms with Crippen LogP contribution in [0.4, 0.5) is 11.7 Å². The molecule has 1 N–H and O–H groups in total. The molecule has 0 aliphatic heterocycles. The Kier molecular flexibility index (Phi) is 3.31. The first-order valence-corrected chi connectivity index (χ1v) is 6.46. The molecule has 2 aromatic heterocycles. The van der Waals surface area contributed by atoms with Gasteiger partial charge in [-0.3, -0.25) is 10.1 Å². The number of nitrogens with zero attached hydrogens (tertiary/aromatic N) is 2. The maximum Gasteiger partial charge on any atom is 0.295 e. The Morgan fingerprint density at radius 3 is 3.00 bits per heavy atom. The van der Waals surface area contributed by atoms with Gasteiger partial charge in [0, 0.05) is 18.5 Å². The molecule has 0 fully saturated rings. The highest BCUT2D eigenvalue weighted by atomic mass is 16.6. The number of fused-ring (bicyclic) bond motifs is 1. The standard InChI is InChI=1S/C14H13N3O4/c1-9(7-11-3-2-6-20-11)15-14-16-12-5-4-10(17(18)19)8-13(12)21-14/h2-6,8-9H,7H2,1H3,(H,15,16). The van der Waals surface area contributed by atoms with Crippen molar-refractivity contribution < 1.29 is 13.8 Å². The SMILES string of the molecule is CC(Cc1ccco1)Nc1nc2ccc([N+](=O)[O-])cc2o1. The number of furan rings is 1. The van der Waals surface area contributed by atoms with Gasteiger partial charge in [0.2, 0.25) is 0 Å². The van der Waals surface area contributed by atoms with Crippen molar-refractivity contribution in [2.24, 2.45) is 0 Å². The average Bonchev–Trinajstić information content (AvgIpc) is 3.05. The highest BCUT2D eigenvalue weighted by Crippen LogP contribution is 2.24. The van der Waals surface area contributed by atoms with Crippen LogP contribution in [0.1, 0.15) is 12.7 Å². The molecule has 1 aromatic carbocycles. The van der Waals surface area contributed by atoms with E-state index in [4.69, 9.17) is 8.83 Å². The Balaban J connectivity index is 1.76. The minimum absolute atomic E-state index is 0.0196. The van der Waals surface area contributed by atoms with Crippen molar-refractivity contribution in [2.75, 3.05) is 5.32 Å². The summed E-state index contributed by atoms with van der Waals surface area (Å²) in [6, 6.07) is 8.46. The van der Waals surface area contributed by atoms with E-state index in [9.17, 15) is 10.1 Å². The summed E-state index contributed by atoms with van der Waals surface area (Å²) in [5, 5.41) is 13.8. The van der Waals surface area contributed by atoms with E-state index < -0.39 is 4.92 Å². The quantitative estimate of drug-likeness (QED) is 0.571. The first-order chi connectivity index (χ1) is 10.1. The second-order valence-electron chi connectivity index (χ2n) is 4.76. The third-order valence-corrected chi connectivity index (χ3v) is 3.04. The number of hydrogen-bond donors (Lipinski definition) is 1. The Bertz CT molecular complexity index is 764. The number of aromatic nitrogens is 1. The third kappa shape index (κ3) is 2.86. The van der Waals surface area contributed by atoms with Gasteiger partial charge in [0.1, 0.15) is 11.3 Å². The summed E-state index contributed by atoms with van der Waals surface area (Å²) in [5.41, 5.74) is 0.944. The Morgan fingerprint density at radius 1 is 1.43 bits per heavy atom. The van der Waals surface area contributed by atoms with Crippen molar-refractivity contribution in [1.82, 2.24) is 4.98 Å². The molecule has 0 saturated heterocycles. The molecule has 7 heteroatoms. The molecule has 1 atom stereocenters. The van der Waals surface area contributed by atoms with E-state index in [1.54, 1.807) is 12.3 Å². The lowest BCUT2D eigenvalue weighted by Crippen LogP contribution is -2.17. The van der Waals surface area contributed by atoms with Gasteiger partial charge in [0.25, 0.3) is 11.7 Å². The minimum Gasteiger partial charge on any atom is -0.469 e. The molecule has 7 nitrogen and oxygen atoms in total. The first kappa shape index (κ1) is 13.2. The van der Waals surface area contributed by atoms with Gasteiger partial charge < -0.3 is 14.2 Å². The van der Waals surface area contributed by atoms with E-state index in [2.05, 4.69) is 10.3 Å². The van der Waals surface area contributed by atoms with Crippen molar-refractivity contribution in [1.29, 1.82) is 0 Å². The van der Waals surface area contributed by atoms with Crippen LogP contribution in [0.5, 0.6) is 0 Å². The lowest BCUT2D eigenvalue weighted by molar-refractivity contribution is -0.384. The lowest BCUT2D eigenvalue weighted by Gasteiger charge is -2.09. The van der Waals surface area contributed by atoms with Gasteiger partial charge in [-0.25, -0.2) is 0 Å². The fourth-order valence-electron chi connectivity index (χ4n) is 2.08. The van der Waals surface area contributed by atoms with Crippen molar-refractivity contribution in [3.8, 4) is 0 Å². The molecule has 3 rings (SSSR count). The number of benzene rings is 1. The van der Waals surface area contributed by atoms with Crippen LogP contribution in [-0.2, 0) is 6.42 Å². The van der Waals surface area contributed by atoms with Gasteiger partial charge in [-0.1, -0.05) is 0 Å². The summed E-state index contributed by atoms with van der Waals surface area (Å²) in [4.78, 5) is 14.5. The smallest absolute Gasteiger partial charge is 0.295 e. The molecule has 0 aliphatic rings. The van der Waals surface area contributed by atoms with Crippen LogP contribution in [0.25, 0.3) is 11.1 Å². The van der Waals surface area contributed by atoms with Crippen LogP contribution >= 0.6 is 0 Å². The van der Waals surface area contributed by atoms with Crippen molar-refractivity contribution in [3.05, 3.63) is 52.5 Å². The number of anilines is 1. The monoisotopic (exact) mass is 287 g/mol. The zero-order valence-electron chi connectivity index (χ0n) is 11.3. The summed E-state index contributed by atoms with van der Waals surface area (Å²) in [6.07, 6.45) is 2.31. The number of oxazole rings is 1. The van der Waals surface area contributed by atoms with Crippen molar-refractivity contribution >= 4 is 22.8 Å². The number of non-ortho nitro benzene ring substituents is 1. The highest BCUT2D eigenvalue weighted by Gasteiger charge is 2.13. The molecule has 21 heavy (non-hydrogen) atoms. The molecule has 0 saturated carbocycles. The molecule has 0 amide bonds. The van der Waals surface area contributed by atoms with Crippen LogP contribution < -0.4 is 5.32 Å². The lowest BCUT2D eigenvalue weighted by atomic mass is 10.2. The Labute approximate surface area is 119 Å². The Hall–Kier alpha value is -2.83. The predicted octanol–water partition coefficient (Wildman–Crippen LogP) is 3.37. The fraction of sp³-hybridized carbons (Fsp3) is 0.214. The van der Waals surface area contributed by atoms with E-state index in [-0.39, 0.29) is 11.7 Å². The van der Waals surface area contributed by atoms with Gasteiger partial charge >= 0.3 is 0 Å². The van der Waals surface area contributed by atoms with Crippen LogP contribution in [0.3, 0.4) is 0 Å². The maximum absolute atomic E-state index is 10.7. The molecule has 1 unspecified atom stereocenters. The topological polar surface area (TPSA) is 94.3 Å². The van der Waals surface area contributed by atoms with Crippen LogP contribution in [-0.4, -0.2) is 15.9 Å². The molecule has 0 radical (unpaired) electrons. The van der Waals surface area contributed by atoms with E-state index in [0.29, 0.717) is 23.5 Å². The van der Waals surface area contributed by atoms with E-state index in [1.807, 2.05) is 19.1 Å². The van der Waals surface area contributed by atoms with Crippen LogP contribution in [0.2, 0.25) is 0 Å². The summed E-state index contributed by atoms with van der Waals surface area (Å²) in [7, 11) is 0. The van der Waals surface area contributed by atoms with Gasteiger partial charge in [0.15, 0.2) is 5.58 Å². The molecule has 0 bridgehead atoms. The van der Waals surface area contributed by atoms with Gasteiger partial charge in [-0.15, -0.1) is 0 Å². The third-order valence-electron chi connectivity index (χ3n) is 3.04. The largest absolute Gasteiger partial charge is 0.469 e. The minimum atomic E-state index is -0.464. The second kappa shape index (κ2) is 5.28. The number of rotatable bonds is 5. The van der Waals surface area contributed by atoms with E-state index in [0.717, 1.165) is 5.76 Å². The summed E-state index contributed by atoms with van der Waals surface area (Å²) >= 11 is 0. The molecule has 0 spiro atoms. The normalized spacial score (nSPS) is 12.4. The molecule has 3 aromatic rings. The van der Waals surface area contributed by atoms with Gasteiger partial charge in [0.05, 0.1) is 17.3 Å². The van der Waals surface area contributed by atoms with Gasteiger partial charge in [-0.05, 0) is 25.1 Å². The number of nitrogens with one attached hydrogen (secondary N) is 1. The highest BCUT2D eigenvalue weighted by molar-refractivity contribution is 5.77. The maximum atomic E-state index is 10.7. The molecule has 2 heterocycles. The summed E-state index contributed by atoms with van der Waals surface area (Å²) < 4.78 is 10.8. The summed E-state index contributed by atoms with van der Waals surface area (Å²) in [6.45, 7) is 1.97. The Morgan fingerprint density at radius 2 is 2.29 bits per heavy atom. The molecular weight excluding hydrogens is 274 g/mol. The van der Waals surface area contributed by atoms with Crippen molar-refractivity contribution in [2.45, 2.75) is 19.4 Å². The second-order valence-corrected chi connectivity index (χ2v) is 4.76.